The Kier molecular flexibility index (Phi) is 7.10. The zero-order valence-corrected chi connectivity index (χ0v) is 18.7. The van der Waals surface area contributed by atoms with Gasteiger partial charge in [0.15, 0.2) is 5.11 Å². The molecule has 0 radical (unpaired) electrons. The number of benzene rings is 1. The Hall–Kier alpha value is -2.16. The van der Waals surface area contributed by atoms with Crippen LogP contribution >= 0.6 is 23.6 Å². The van der Waals surface area contributed by atoms with Gasteiger partial charge in [-0.05, 0) is 54.9 Å². The molecule has 2 aromatic rings. The molecule has 156 valence electrons. The molecule has 1 aromatic heterocycles. The fraction of sp³-hybridized carbons (Fsp3) is 0.429. The summed E-state index contributed by atoms with van der Waals surface area (Å²) in [6.07, 6.45) is 0.778. The molecule has 0 spiro atoms. The second-order valence-electron chi connectivity index (χ2n) is 7.03. The normalized spacial score (nSPS) is 15.6. The molecule has 8 heteroatoms. The lowest BCUT2D eigenvalue weighted by atomic mass is 9.94. The largest absolute Gasteiger partial charge is 0.497 e. The van der Waals surface area contributed by atoms with Crippen molar-refractivity contribution in [3.05, 3.63) is 40.3 Å². The van der Waals surface area contributed by atoms with Crippen molar-refractivity contribution in [1.29, 1.82) is 0 Å². The van der Waals surface area contributed by atoms with Crippen LogP contribution in [0.25, 0.3) is 0 Å². The van der Waals surface area contributed by atoms with Gasteiger partial charge in [0.05, 0.1) is 32.0 Å². The summed E-state index contributed by atoms with van der Waals surface area (Å²) in [4.78, 5) is 13.8. The molecule has 29 heavy (non-hydrogen) atoms. The van der Waals surface area contributed by atoms with Gasteiger partial charge in [0.25, 0.3) is 0 Å². The van der Waals surface area contributed by atoms with E-state index in [1.54, 1.807) is 14.0 Å². The minimum Gasteiger partial charge on any atom is -0.497 e. The van der Waals surface area contributed by atoms with E-state index >= 15 is 0 Å². The molecular weight excluding hydrogens is 408 g/mol. The number of carbonyl (C=O) groups is 1. The first-order valence-electron chi connectivity index (χ1n) is 9.58. The number of thiophene rings is 1. The van der Waals surface area contributed by atoms with Gasteiger partial charge in [-0.1, -0.05) is 13.8 Å². The van der Waals surface area contributed by atoms with Crippen LogP contribution < -0.4 is 15.4 Å². The summed E-state index contributed by atoms with van der Waals surface area (Å²) in [6.45, 7) is 6.87. The first-order valence-corrected chi connectivity index (χ1v) is 10.8. The molecule has 0 saturated carbocycles. The van der Waals surface area contributed by atoms with Gasteiger partial charge in [-0.3, -0.25) is 0 Å². The first-order chi connectivity index (χ1) is 13.9. The third-order valence-electron chi connectivity index (χ3n) is 4.72. The summed E-state index contributed by atoms with van der Waals surface area (Å²) in [6, 6.07) is 7.45. The van der Waals surface area contributed by atoms with Crippen molar-refractivity contribution in [2.45, 2.75) is 39.9 Å². The van der Waals surface area contributed by atoms with Crippen LogP contribution in [0, 0.1) is 5.92 Å². The zero-order chi connectivity index (χ0) is 21.0. The lowest BCUT2D eigenvalue weighted by Crippen LogP contribution is -2.27. The average molecular weight is 435 g/mol. The molecule has 0 amide bonds. The van der Waals surface area contributed by atoms with Gasteiger partial charge < -0.3 is 24.8 Å². The van der Waals surface area contributed by atoms with E-state index in [1.807, 2.05) is 24.3 Å². The maximum atomic E-state index is 12.7. The summed E-state index contributed by atoms with van der Waals surface area (Å²) in [7, 11) is 1.62. The maximum absolute atomic E-state index is 12.7. The number of ether oxygens (including phenoxy) is 3. The summed E-state index contributed by atoms with van der Waals surface area (Å²) in [5.74, 6) is 0.807. The molecule has 2 heterocycles. The van der Waals surface area contributed by atoms with E-state index in [1.165, 1.54) is 11.3 Å². The Labute approximate surface area is 180 Å². The third-order valence-corrected chi connectivity index (χ3v) is 6.05. The van der Waals surface area contributed by atoms with Crippen LogP contribution in [0.5, 0.6) is 5.75 Å². The highest BCUT2D eigenvalue weighted by Crippen LogP contribution is 2.39. The number of hydrogen-bond donors (Lipinski definition) is 2. The van der Waals surface area contributed by atoms with E-state index in [0.717, 1.165) is 21.9 Å². The van der Waals surface area contributed by atoms with E-state index in [0.29, 0.717) is 41.2 Å². The first kappa shape index (κ1) is 21.5. The molecule has 0 saturated heterocycles. The Morgan fingerprint density at radius 3 is 2.66 bits per heavy atom. The van der Waals surface area contributed by atoms with Crippen molar-refractivity contribution in [3.63, 3.8) is 0 Å². The Morgan fingerprint density at radius 1 is 1.31 bits per heavy atom. The molecule has 0 bridgehead atoms. The van der Waals surface area contributed by atoms with Crippen molar-refractivity contribution in [2.75, 3.05) is 24.4 Å². The van der Waals surface area contributed by atoms with E-state index in [4.69, 9.17) is 26.4 Å². The summed E-state index contributed by atoms with van der Waals surface area (Å²) >= 11 is 6.96. The molecular formula is C21H26N2O4S2. The predicted octanol–water partition coefficient (Wildman–Crippen LogP) is 4.84. The topological polar surface area (TPSA) is 68.8 Å². The predicted molar refractivity (Wildman–Crippen MR) is 120 cm³/mol. The highest BCUT2D eigenvalue weighted by molar-refractivity contribution is 7.80. The van der Waals surface area contributed by atoms with Crippen molar-refractivity contribution < 1.29 is 19.0 Å². The lowest BCUT2D eigenvalue weighted by Gasteiger charge is -2.26. The quantitative estimate of drug-likeness (QED) is 0.498. The number of thiocarbonyl (C=S) groups is 1. The highest BCUT2D eigenvalue weighted by atomic mass is 32.1. The third kappa shape index (κ3) is 5.07. The summed E-state index contributed by atoms with van der Waals surface area (Å²) in [5.41, 5.74) is 2.40. The second-order valence-corrected chi connectivity index (χ2v) is 8.55. The van der Waals surface area contributed by atoms with Gasteiger partial charge in [0.2, 0.25) is 0 Å². The standard InChI is InChI=1S/C21H26N2O4S2/c1-5-26-20(24)18-15-10-16(12(2)3)27-11-17(15)29-19(18)23-21(28)22-13-6-8-14(25-4)9-7-13/h6-9,12,16H,5,10-11H2,1-4H3,(H2,22,23,28). The van der Waals surface area contributed by atoms with E-state index in [-0.39, 0.29) is 12.1 Å². The highest BCUT2D eigenvalue weighted by Gasteiger charge is 2.31. The number of carbonyl (C=O) groups excluding carboxylic acids is 1. The number of hydrogen-bond acceptors (Lipinski definition) is 6. The molecule has 6 nitrogen and oxygen atoms in total. The Morgan fingerprint density at radius 2 is 2.03 bits per heavy atom. The fourth-order valence-electron chi connectivity index (χ4n) is 3.16. The van der Waals surface area contributed by atoms with Crippen molar-refractivity contribution in [3.8, 4) is 5.75 Å². The Balaban J connectivity index is 1.82. The molecule has 1 unspecified atom stereocenters. The number of methoxy groups -OCH3 is 1. The molecule has 1 aliphatic rings. The lowest BCUT2D eigenvalue weighted by molar-refractivity contribution is 0.00124. The van der Waals surface area contributed by atoms with Gasteiger partial charge in [-0.2, -0.15) is 0 Å². The van der Waals surface area contributed by atoms with Gasteiger partial charge >= 0.3 is 5.97 Å². The smallest absolute Gasteiger partial charge is 0.341 e. The number of esters is 1. The molecule has 0 aliphatic carbocycles. The second kappa shape index (κ2) is 9.56. The van der Waals surface area contributed by atoms with E-state index in [9.17, 15) is 4.79 Å². The molecule has 0 fully saturated rings. The fourth-order valence-corrected chi connectivity index (χ4v) is 4.59. The number of anilines is 2. The molecule has 1 atom stereocenters. The Bertz CT molecular complexity index is 878. The average Bonchev–Trinajstić information content (AvgIpc) is 3.05. The molecule has 1 aliphatic heterocycles. The van der Waals surface area contributed by atoms with E-state index < -0.39 is 0 Å². The van der Waals surface area contributed by atoms with Gasteiger partial charge in [-0.25, -0.2) is 4.79 Å². The van der Waals surface area contributed by atoms with Crippen LogP contribution in [0.3, 0.4) is 0 Å². The molecule has 1 aromatic carbocycles. The maximum Gasteiger partial charge on any atom is 0.341 e. The zero-order valence-electron chi connectivity index (χ0n) is 17.0. The van der Waals surface area contributed by atoms with Crippen LogP contribution in [0.15, 0.2) is 24.3 Å². The van der Waals surface area contributed by atoms with Crippen LogP contribution in [0.2, 0.25) is 0 Å². The van der Waals surface area contributed by atoms with Crippen molar-refractivity contribution in [2.24, 2.45) is 5.92 Å². The molecule has 3 rings (SSSR count). The number of rotatable bonds is 6. The van der Waals surface area contributed by atoms with Gasteiger partial charge in [0, 0.05) is 17.0 Å². The summed E-state index contributed by atoms with van der Waals surface area (Å²) < 4.78 is 16.5. The monoisotopic (exact) mass is 434 g/mol. The van der Waals surface area contributed by atoms with Crippen LogP contribution in [0.4, 0.5) is 10.7 Å². The minimum atomic E-state index is -0.329. The van der Waals surface area contributed by atoms with Crippen molar-refractivity contribution in [1.82, 2.24) is 0 Å². The summed E-state index contributed by atoms with van der Waals surface area (Å²) in [5, 5.41) is 7.41. The number of nitrogens with one attached hydrogen (secondary N) is 2. The van der Waals surface area contributed by atoms with Crippen LogP contribution in [0.1, 0.15) is 41.6 Å². The number of fused-ring (bicyclic) bond motifs is 1. The van der Waals surface area contributed by atoms with E-state index in [2.05, 4.69) is 24.5 Å². The van der Waals surface area contributed by atoms with Gasteiger partial charge in [-0.15, -0.1) is 11.3 Å². The van der Waals surface area contributed by atoms with Gasteiger partial charge in [0.1, 0.15) is 10.8 Å². The van der Waals surface area contributed by atoms with Crippen LogP contribution in [-0.2, 0) is 22.5 Å². The minimum absolute atomic E-state index is 0.0857. The molecule has 2 N–H and O–H groups in total. The van der Waals surface area contributed by atoms with Crippen LogP contribution in [-0.4, -0.2) is 30.9 Å². The SMILES string of the molecule is CCOC(=O)c1c(NC(=S)Nc2ccc(OC)cc2)sc2c1CC(C(C)C)OC2. The van der Waals surface area contributed by atoms with Crippen molar-refractivity contribution >= 4 is 45.3 Å².